The van der Waals surface area contributed by atoms with E-state index in [1.165, 1.54) is 0 Å². The lowest BCUT2D eigenvalue weighted by Crippen LogP contribution is -2.44. The van der Waals surface area contributed by atoms with Gasteiger partial charge in [0.1, 0.15) is 5.82 Å². The summed E-state index contributed by atoms with van der Waals surface area (Å²) in [7, 11) is 0. The van der Waals surface area contributed by atoms with Gasteiger partial charge in [0, 0.05) is 25.6 Å². The van der Waals surface area contributed by atoms with Gasteiger partial charge in [-0.2, -0.15) is 0 Å². The number of hydrogen-bond donors (Lipinski definition) is 0. The largest absolute Gasteiger partial charge is 0.381 e. The predicted molar refractivity (Wildman–Crippen MR) is 75.8 cm³/mol. The summed E-state index contributed by atoms with van der Waals surface area (Å²) in [5.74, 6) is 0.832. The molecule has 0 spiro atoms. The Labute approximate surface area is 118 Å². The number of aryl methyl sites for hydroxylation is 1. The van der Waals surface area contributed by atoms with Gasteiger partial charge in [-0.15, -0.1) is 0 Å². The predicted octanol–water partition coefficient (Wildman–Crippen LogP) is 2.58. The molecule has 2 heterocycles. The van der Waals surface area contributed by atoms with E-state index in [-0.39, 0.29) is 5.91 Å². The number of carbonyl (C=O) groups excluding carboxylic acids is 1. The van der Waals surface area contributed by atoms with Crippen molar-refractivity contribution in [1.29, 1.82) is 0 Å². The number of imidazole rings is 1. The average molecular weight is 270 g/mol. The molecule has 0 amide bonds. The van der Waals surface area contributed by atoms with Gasteiger partial charge in [0.2, 0.25) is 5.91 Å². The average Bonchev–Trinajstić information content (AvgIpc) is 2.94. The minimum Gasteiger partial charge on any atom is -0.381 e. The van der Waals surface area contributed by atoms with Gasteiger partial charge in [0.25, 0.3) is 0 Å². The number of nitrogens with zero attached hydrogens (tertiary/aromatic N) is 2. The molecule has 3 rings (SSSR count). The Bertz CT molecular complexity index is 598. The van der Waals surface area contributed by atoms with Crippen LogP contribution in [-0.2, 0) is 10.2 Å². The van der Waals surface area contributed by atoms with Crippen LogP contribution in [0, 0.1) is 6.92 Å². The lowest BCUT2D eigenvalue weighted by Gasteiger charge is -2.36. The molecule has 0 atom stereocenters. The Morgan fingerprint density at radius 1 is 1.25 bits per heavy atom. The number of hydrogen-bond acceptors (Lipinski definition) is 3. The maximum absolute atomic E-state index is 13.1. The number of aromatic nitrogens is 2. The molecule has 0 aliphatic carbocycles. The molecule has 0 unspecified atom stereocenters. The van der Waals surface area contributed by atoms with Crippen molar-refractivity contribution in [3.05, 3.63) is 54.1 Å². The highest BCUT2D eigenvalue weighted by atomic mass is 16.5. The van der Waals surface area contributed by atoms with E-state index < -0.39 is 5.41 Å². The Hall–Kier alpha value is -1.94. The summed E-state index contributed by atoms with van der Waals surface area (Å²) in [6, 6.07) is 10.0. The van der Waals surface area contributed by atoms with Crippen molar-refractivity contribution in [1.82, 2.24) is 9.55 Å². The SMILES string of the molecule is Cc1nccn1C(=O)C1(c2ccccc2)CCOCC1. The van der Waals surface area contributed by atoms with E-state index >= 15 is 0 Å². The van der Waals surface area contributed by atoms with Crippen molar-refractivity contribution in [2.24, 2.45) is 0 Å². The Morgan fingerprint density at radius 2 is 1.95 bits per heavy atom. The van der Waals surface area contributed by atoms with Gasteiger partial charge in [-0.05, 0) is 25.3 Å². The van der Waals surface area contributed by atoms with Crippen LogP contribution in [0.15, 0.2) is 42.7 Å². The molecule has 0 radical (unpaired) electrons. The van der Waals surface area contributed by atoms with Crippen molar-refractivity contribution in [3.8, 4) is 0 Å². The van der Waals surface area contributed by atoms with Crippen LogP contribution in [0.3, 0.4) is 0 Å². The monoisotopic (exact) mass is 270 g/mol. The van der Waals surface area contributed by atoms with E-state index in [9.17, 15) is 4.79 Å². The van der Waals surface area contributed by atoms with Crippen LogP contribution >= 0.6 is 0 Å². The molecule has 20 heavy (non-hydrogen) atoms. The summed E-state index contributed by atoms with van der Waals surface area (Å²) >= 11 is 0. The van der Waals surface area contributed by atoms with Gasteiger partial charge in [0.15, 0.2) is 0 Å². The minimum absolute atomic E-state index is 0.0991. The standard InChI is InChI=1S/C16H18N2O2/c1-13-17-9-10-18(13)15(19)16(7-11-20-12-8-16)14-5-3-2-4-6-14/h2-6,9-10H,7-8,11-12H2,1H3. The highest BCUT2D eigenvalue weighted by Crippen LogP contribution is 2.36. The molecule has 4 heteroatoms. The highest BCUT2D eigenvalue weighted by Gasteiger charge is 2.42. The van der Waals surface area contributed by atoms with Gasteiger partial charge in [-0.1, -0.05) is 30.3 Å². The molecule has 0 bridgehead atoms. The Kier molecular flexibility index (Phi) is 3.40. The molecule has 1 aromatic heterocycles. The van der Waals surface area contributed by atoms with Crippen LogP contribution in [0.4, 0.5) is 0 Å². The smallest absolute Gasteiger partial charge is 0.242 e. The van der Waals surface area contributed by atoms with Crippen LogP contribution in [-0.4, -0.2) is 28.7 Å². The molecule has 2 aromatic rings. The lowest BCUT2D eigenvalue weighted by molar-refractivity contribution is 0.0364. The van der Waals surface area contributed by atoms with Gasteiger partial charge < -0.3 is 4.74 Å². The fraction of sp³-hybridized carbons (Fsp3) is 0.375. The van der Waals surface area contributed by atoms with Gasteiger partial charge in [-0.3, -0.25) is 9.36 Å². The second-order valence-corrected chi connectivity index (χ2v) is 5.21. The Morgan fingerprint density at radius 3 is 2.55 bits per heavy atom. The van der Waals surface area contributed by atoms with E-state index in [4.69, 9.17) is 4.74 Å². The molecular weight excluding hydrogens is 252 g/mol. The summed E-state index contributed by atoms with van der Waals surface area (Å²) < 4.78 is 7.13. The zero-order chi connectivity index (χ0) is 14.0. The second-order valence-electron chi connectivity index (χ2n) is 5.21. The maximum Gasteiger partial charge on any atom is 0.242 e. The second kappa shape index (κ2) is 5.21. The summed E-state index contributed by atoms with van der Waals surface area (Å²) in [5, 5.41) is 0. The normalized spacial score (nSPS) is 17.9. The molecule has 1 aromatic carbocycles. The molecule has 4 nitrogen and oxygen atoms in total. The quantitative estimate of drug-likeness (QED) is 0.842. The summed E-state index contributed by atoms with van der Waals surface area (Å²) in [4.78, 5) is 17.2. The summed E-state index contributed by atoms with van der Waals surface area (Å²) in [6.07, 6.45) is 4.85. The zero-order valence-corrected chi connectivity index (χ0v) is 11.6. The van der Waals surface area contributed by atoms with Gasteiger partial charge in [-0.25, -0.2) is 4.98 Å². The van der Waals surface area contributed by atoms with E-state index in [2.05, 4.69) is 4.98 Å². The minimum atomic E-state index is -0.495. The van der Waals surface area contributed by atoms with Crippen LogP contribution < -0.4 is 0 Å². The third-order valence-corrected chi connectivity index (χ3v) is 4.13. The van der Waals surface area contributed by atoms with Crippen LogP contribution in [0.25, 0.3) is 0 Å². The van der Waals surface area contributed by atoms with E-state index in [1.807, 2.05) is 37.3 Å². The molecular formula is C16H18N2O2. The van der Waals surface area contributed by atoms with E-state index in [1.54, 1.807) is 17.0 Å². The van der Waals surface area contributed by atoms with Gasteiger partial charge in [0.05, 0.1) is 5.41 Å². The van der Waals surface area contributed by atoms with Crippen LogP contribution in [0.2, 0.25) is 0 Å². The van der Waals surface area contributed by atoms with Crippen LogP contribution in [0.1, 0.15) is 29.0 Å². The molecule has 0 saturated carbocycles. The molecule has 0 N–H and O–H groups in total. The molecule has 1 saturated heterocycles. The van der Waals surface area contributed by atoms with Gasteiger partial charge >= 0.3 is 0 Å². The van der Waals surface area contributed by atoms with Crippen molar-refractivity contribution >= 4 is 5.91 Å². The molecule has 1 aliphatic heterocycles. The summed E-state index contributed by atoms with van der Waals surface area (Å²) in [5.41, 5.74) is 0.576. The number of benzene rings is 1. The molecule has 104 valence electrons. The molecule has 1 aliphatic rings. The Balaban J connectivity index is 2.07. The fourth-order valence-corrected chi connectivity index (χ4v) is 2.93. The first-order chi connectivity index (χ1) is 9.74. The first-order valence-electron chi connectivity index (χ1n) is 6.92. The highest BCUT2D eigenvalue weighted by molar-refractivity contribution is 5.90. The maximum atomic E-state index is 13.1. The number of carbonyl (C=O) groups is 1. The third-order valence-electron chi connectivity index (χ3n) is 4.13. The van der Waals surface area contributed by atoms with Crippen LogP contribution in [0.5, 0.6) is 0 Å². The first kappa shape index (κ1) is 13.1. The summed E-state index contributed by atoms with van der Waals surface area (Å²) in [6.45, 7) is 3.10. The van der Waals surface area contributed by atoms with E-state index in [0.717, 1.165) is 11.4 Å². The van der Waals surface area contributed by atoms with Crippen molar-refractivity contribution in [2.75, 3.05) is 13.2 Å². The zero-order valence-electron chi connectivity index (χ0n) is 11.6. The van der Waals surface area contributed by atoms with Crippen molar-refractivity contribution < 1.29 is 9.53 Å². The van der Waals surface area contributed by atoms with E-state index in [0.29, 0.717) is 26.1 Å². The topological polar surface area (TPSA) is 44.1 Å². The lowest BCUT2D eigenvalue weighted by atomic mass is 9.73. The number of rotatable bonds is 2. The van der Waals surface area contributed by atoms with Crippen molar-refractivity contribution in [3.63, 3.8) is 0 Å². The molecule has 1 fully saturated rings. The fourth-order valence-electron chi connectivity index (χ4n) is 2.93. The van der Waals surface area contributed by atoms with Crippen molar-refractivity contribution in [2.45, 2.75) is 25.2 Å². The third kappa shape index (κ3) is 2.06. The first-order valence-corrected chi connectivity index (χ1v) is 6.92. The number of ether oxygens (including phenoxy) is 1.